The van der Waals surface area contributed by atoms with E-state index in [1.807, 2.05) is 17.7 Å². The van der Waals surface area contributed by atoms with Crippen LogP contribution < -0.4 is 5.32 Å². The average molecular weight is 344 g/mol. The Balaban J connectivity index is 1.65. The predicted molar refractivity (Wildman–Crippen MR) is 106 cm³/mol. The molecule has 2 aromatic carbocycles. The van der Waals surface area contributed by atoms with Gasteiger partial charge in [-0.15, -0.1) is 0 Å². The Labute approximate surface area is 155 Å². The number of hydrogen-bond acceptors (Lipinski definition) is 3. The second-order valence-corrected chi connectivity index (χ2v) is 6.73. The van der Waals surface area contributed by atoms with Crippen LogP contribution in [-0.4, -0.2) is 9.78 Å². The highest BCUT2D eigenvalue weighted by molar-refractivity contribution is 5.65. The van der Waals surface area contributed by atoms with Crippen LogP contribution in [0.2, 0.25) is 0 Å². The predicted octanol–water partition coefficient (Wildman–Crippen LogP) is 5.00. The number of benzene rings is 2. The van der Waals surface area contributed by atoms with Crippen LogP contribution in [0.4, 0.5) is 5.82 Å². The summed E-state index contributed by atoms with van der Waals surface area (Å²) in [6.45, 7) is 7.63. The molecule has 0 radical (unpaired) electrons. The molecule has 1 heterocycles. The maximum atomic E-state index is 8.71. The summed E-state index contributed by atoms with van der Waals surface area (Å²) in [5.41, 5.74) is 7.34. The molecule has 1 N–H and O–H groups in total. The SMILES string of the molecule is Cc1cc(C)cc(-c2ccc(CNc3cc(C)n(CCC#N)n3)cc2)c1. The smallest absolute Gasteiger partial charge is 0.148 e. The normalized spacial score (nSPS) is 10.5. The zero-order chi connectivity index (χ0) is 18.5. The first-order chi connectivity index (χ1) is 12.5. The van der Waals surface area contributed by atoms with Gasteiger partial charge >= 0.3 is 0 Å². The minimum Gasteiger partial charge on any atom is -0.365 e. The summed E-state index contributed by atoms with van der Waals surface area (Å²) in [7, 11) is 0. The first-order valence-electron chi connectivity index (χ1n) is 8.88. The zero-order valence-corrected chi connectivity index (χ0v) is 15.6. The lowest BCUT2D eigenvalue weighted by molar-refractivity contribution is 0.611. The van der Waals surface area contributed by atoms with E-state index in [-0.39, 0.29) is 0 Å². The molecule has 0 unspecified atom stereocenters. The van der Waals surface area contributed by atoms with Crippen molar-refractivity contribution in [2.75, 3.05) is 5.32 Å². The zero-order valence-electron chi connectivity index (χ0n) is 15.6. The first-order valence-corrected chi connectivity index (χ1v) is 8.88. The third kappa shape index (κ3) is 4.31. The number of anilines is 1. The number of hydrogen-bond donors (Lipinski definition) is 1. The van der Waals surface area contributed by atoms with Crippen LogP contribution in [0.3, 0.4) is 0 Å². The number of nitriles is 1. The average Bonchev–Trinajstić information content (AvgIpc) is 2.97. The molecular formula is C22H24N4. The molecule has 3 rings (SSSR count). The number of nitrogens with one attached hydrogen (secondary N) is 1. The van der Waals surface area contributed by atoms with E-state index in [0.29, 0.717) is 13.0 Å². The van der Waals surface area contributed by atoms with Crippen LogP contribution in [0.1, 0.15) is 28.8 Å². The van der Waals surface area contributed by atoms with Gasteiger partial charge in [0.2, 0.25) is 0 Å². The summed E-state index contributed by atoms with van der Waals surface area (Å²) >= 11 is 0. The molecule has 0 atom stereocenters. The van der Waals surface area contributed by atoms with Gasteiger partial charge in [0.25, 0.3) is 0 Å². The van der Waals surface area contributed by atoms with Crippen molar-refractivity contribution in [3.8, 4) is 17.2 Å². The van der Waals surface area contributed by atoms with Gasteiger partial charge in [-0.25, -0.2) is 0 Å². The number of rotatable bonds is 6. The molecule has 0 bridgehead atoms. The molecular weight excluding hydrogens is 320 g/mol. The van der Waals surface area contributed by atoms with Crippen LogP contribution in [0.25, 0.3) is 11.1 Å². The highest BCUT2D eigenvalue weighted by Crippen LogP contribution is 2.23. The van der Waals surface area contributed by atoms with Gasteiger partial charge in [0.1, 0.15) is 5.82 Å². The fraction of sp³-hybridized carbons (Fsp3) is 0.273. The Morgan fingerprint density at radius 2 is 1.65 bits per heavy atom. The van der Waals surface area contributed by atoms with Crippen LogP contribution in [0, 0.1) is 32.1 Å². The van der Waals surface area contributed by atoms with Crippen LogP contribution in [0.15, 0.2) is 48.5 Å². The van der Waals surface area contributed by atoms with Gasteiger partial charge in [0, 0.05) is 18.3 Å². The van der Waals surface area contributed by atoms with E-state index in [0.717, 1.165) is 18.1 Å². The molecule has 0 fully saturated rings. The van der Waals surface area contributed by atoms with E-state index in [1.165, 1.54) is 27.8 Å². The van der Waals surface area contributed by atoms with E-state index in [1.54, 1.807) is 0 Å². The van der Waals surface area contributed by atoms with Crippen molar-refractivity contribution in [3.05, 3.63) is 70.9 Å². The molecule has 132 valence electrons. The fourth-order valence-electron chi connectivity index (χ4n) is 3.13. The van der Waals surface area contributed by atoms with E-state index in [9.17, 15) is 0 Å². The third-order valence-electron chi connectivity index (χ3n) is 4.40. The summed E-state index contributed by atoms with van der Waals surface area (Å²) < 4.78 is 1.87. The topological polar surface area (TPSA) is 53.6 Å². The van der Waals surface area contributed by atoms with Crippen molar-refractivity contribution in [2.45, 2.75) is 40.3 Å². The third-order valence-corrected chi connectivity index (χ3v) is 4.40. The maximum Gasteiger partial charge on any atom is 0.148 e. The standard InChI is InChI=1S/C22H24N4/c1-16-11-17(2)13-21(12-16)20-7-5-19(6-8-20)15-24-22-14-18(3)26(25-22)10-4-9-23/h5-8,11-14H,4,10,15H2,1-3H3,(H,24,25). The van der Waals surface area contributed by atoms with Gasteiger partial charge in [-0.05, 0) is 37.5 Å². The molecule has 3 aromatic rings. The van der Waals surface area contributed by atoms with Crippen molar-refractivity contribution in [2.24, 2.45) is 0 Å². The van der Waals surface area contributed by atoms with E-state index >= 15 is 0 Å². The molecule has 0 saturated carbocycles. The Morgan fingerprint density at radius 3 is 2.31 bits per heavy atom. The van der Waals surface area contributed by atoms with Crippen molar-refractivity contribution in [1.82, 2.24) is 9.78 Å². The largest absolute Gasteiger partial charge is 0.365 e. The van der Waals surface area contributed by atoms with Crippen molar-refractivity contribution < 1.29 is 0 Å². The monoisotopic (exact) mass is 344 g/mol. The minimum absolute atomic E-state index is 0.474. The van der Waals surface area contributed by atoms with Gasteiger partial charge in [-0.1, -0.05) is 53.6 Å². The summed E-state index contributed by atoms with van der Waals surface area (Å²) in [5, 5.41) is 16.6. The lowest BCUT2D eigenvalue weighted by atomic mass is 10.00. The van der Waals surface area contributed by atoms with Crippen molar-refractivity contribution in [3.63, 3.8) is 0 Å². The second-order valence-electron chi connectivity index (χ2n) is 6.73. The van der Waals surface area contributed by atoms with E-state index < -0.39 is 0 Å². The highest BCUT2D eigenvalue weighted by atomic mass is 15.3. The molecule has 0 aliphatic heterocycles. The molecule has 0 saturated heterocycles. The molecule has 0 aliphatic carbocycles. The summed E-state index contributed by atoms with van der Waals surface area (Å²) in [6, 6.07) is 19.4. The van der Waals surface area contributed by atoms with E-state index in [4.69, 9.17) is 5.26 Å². The Hall–Kier alpha value is -3.06. The summed E-state index contributed by atoms with van der Waals surface area (Å²) in [4.78, 5) is 0. The van der Waals surface area contributed by atoms with Crippen LogP contribution in [-0.2, 0) is 13.1 Å². The number of aryl methyl sites for hydroxylation is 4. The lowest BCUT2D eigenvalue weighted by Crippen LogP contribution is -2.04. The minimum atomic E-state index is 0.474. The fourth-order valence-corrected chi connectivity index (χ4v) is 3.13. The van der Waals surface area contributed by atoms with Crippen molar-refractivity contribution in [1.29, 1.82) is 5.26 Å². The number of nitrogens with zero attached hydrogens (tertiary/aromatic N) is 3. The molecule has 0 spiro atoms. The van der Waals surface area contributed by atoms with Crippen LogP contribution >= 0.6 is 0 Å². The highest BCUT2D eigenvalue weighted by Gasteiger charge is 2.04. The van der Waals surface area contributed by atoms with Crippen LogP contribution in [0.5, 0.6) is 0 Å². The Morgan fingerprint density at radius 1 is 0.962 bits per heavy atom. The quantitative estimate of drug-likeness (QED) is 0.684. The van der Waals surface area contributed by atoms with E-state index in [2.05, 4.69) is 72.8 Å². The molecule has 1 aromatic heterocycles. The Bertz CT molecular complexity index is 910. The molecule has 0 aliphatic rings. The van der Waals surface area contributed by atoms with Crippen molar-refractivity contribution >= 4 is 5.82 Å². The molecule has 4 nitrogen and oxygen atoms in total. The van der Waals surface area contributed by atoms with Gasteiger partial charge < -0.3 is 5.32 Å². The molecule has 26 heavy (non-hydrogen) atoms. The Kier molecular flexibility index (Phi) is 5.38. The van der Waals surface area contributed by atoms with Gasteiger partial charge in [0.15, 0.2) is 0 Å². The maximum absolute atomic E-state index is 8.71. The first kappa shape index (κ1) is 17.8. The number of aromatic nitrogens is 2. The summed E-state index contributed by atoms with van der Waals surface area (Å²) in [5.74, 6) is 0.846. The van der Waals surface area contributed by atoms with Gasteiger partial charge in [0.05, 0.1) is 19.0 Å². The summed E-state index contributed by atoms with van der Waals surface area (Å²) in [6.07, 6.45) is 0.474. The lowest BCUT2D eigenvalue weighted by Gasteiger charge is -2.08. The second kappa shape index (κ2) is 7.88. The molecule has 0 amide bonds. The molecule has 4 heteroatoms. The van der Waals surface area contributed by atoms with Gasteiger partial charge in [-0.2, -0.15) is 10.4 Å². The van der Waals surface area contributed by atoms with Gasteiger partial charge in [-0.3, -0.25) is 4.68 Å².